The van der Waals surface area contributed by atoms with Crippen molar-refractivity contribution in [3.05, 3.63) is 12.2 Å². The van der Waals surface area contributed by atoms with Crippen LogP contribution in [-0.2, 0) is 11.3 Å². The van der Waals surface area contributed by atoms with Crippen LogP contribution in [0.2, 0.25) is 0 Å². The molecule has 2 fully saturated rings. The molecule has 2 heterocycles. The lowest BCUT2D eigenvalue weighted by atomic mass is 9.89. The summed E-state index contributed by atoms with van der Waals surface area (Å²) in [6, 6.07) is 0.452. The highest BCUT2D eigenvalue weighted by Crippen LogP contribution is 2.43. The minimum atomic E-state index is 0.0953. The Morgan fingerprint density at radius 1 is 1.38 bits per heavy atom. The monoisotopic (exact) mass is 292 g/mol. The summed E-state index contributed by atoms with van der Waals surface area (Å²) < 4.78 is 8.17. The topological polar surface area (TPSA) is 52.0 Å². The van der Waals surface area contributed by atoms with Crippen LogP contribution < -0.4 is 5.32 Å². The molecule has 1 aliphatic heterocycles. The smallest absolute Gasteiger partial charge is 0.164 e. The molecule has 5 nitrogen and oxygen atoms in total. The number of rotatable bonds is 3. The molecule has 0 bridgehead atoms. The average Bonchev–Trinajstić information content (AvgIpc) is 3.06. The first-order chi connectivity index (χ1) is 9.96. The molecular weight excluding hydrogens is 264 g/mol. The average molecular weight is 292 g/mol. The van der Waals surface area contributed by atoms with Crippen LogP contribution >= 0.6 is 0 Å². The zero-order valence-electron chi connectivity index (χ0n) is 13.6. The van der Waals surface area contributed by atoms with Crippen molar-refractivity contribution in [2.75, 3.05) is 6.61 Å². The van der Waals surface area contributed by atoms with Crippen LogP contribution in [0.1, 0.15) is 71.2 Å². The second-order valence-corrected chi connectivity index (χ2v) is 7.63. The van der Waals surface area contributed by atoms with Crippen molar-refractivity contribution in [3.8, 4) is 0 Å². The van der Waals surface area contributed by atoms with E-state index in [1.54, 1.807) is 0 Å². The Bertz CT molecular complexity index is 471. The summed E-state index contributed by atoms with van der Waals surface area (Å²) in [5, 5.41) is 8.12. The molecule has 1 spiro atoms. The molecule has 1 atom stereocenters. The zero-order chi connectivity index (χ0) is 14.9. The molecule has 1 saturated carbocycles. The number of hydrogen-bond donors (Lipinski definition) is 1. The van der Waals surface area contributed by atoms with E-state index < -0.39 is 0 Å². The molecule has 1 saturated heterocycles. The van der Waals surface area contributed by atoms with Gasteiger partial charge >= 0.3 is 0 Å². The Morgan fingerprint density at radius 2 is 2.14 bits per heavy atom. The van der Waals surface area contributed by atoms with E-state index in [1.807, 2.05) is 6.33 Å². The van der Waals surface area contributed by atoms with Crippen LogP contribution in [0.4, 0.5) is 0 Å². The molecule has 0 amide bonds. The number of nitrogens with zero attached hydrogens (tertiary/aromatic N) is 3. The van der Waals surface area contributed by atoms with Gasteiger partial charge < -0.3 is 10.1 Å². The van der Waals surface area contributed by atoms with E-state index in [0.717, 1.165) is 31.8 Å². The van der Waals surface area contributed by atoms with Gasteiger partial charge in [-0.05, 0) is 46.5 Å². The minimum Gasteiger partial charge on any atom is -0.375 e. The number of nitrogens with one attached hydrogen (secondary N) is 1. The Labute approximate surface area is 127 Å². The first-order valence-electron chi connectivity index (χ1n) is 8.25. The van der Waals surface area contributed by atoms with Crippen molar-refractivity contribution < 1.29 is 4.74 Å². The van der Waals surface area contributed by atoms with Crippen molar-refractivity contribution in [3.63, 3.8) is 0 Å². The Kier molecular flexibility index (Phi) is 4.06. The molecule has 0 radical (unpaired) electrons. The van der Waals surface area contributed by atoms with Gasteiger partial charge in [-0.25, -0.2) is 9.67 Å². The van der Waals surface area contributed by atoms with Gasteiger partial charge in [0.15, 0.2) is 5.82 Å². The Morgan fingerprint density at radius 3 is 2.86 bits per heavy atom. The third kappa shape index (κ3) is 3.64. The van der Waals surface area contributed by atoms with Crippen LogP contribution in [0, 0.1) is 0 Å². The van der Waals surface area contributed by atoms with E-state index in [-0.39, 0.29) is 11.1 Å². The summed E-state index contributed by atoms with van der Waals surface area (Å²) in [4.78, 5) is 4.46. The Hall–Kier alpha value is -0.940. The second-order valence-electron chi connectivity index (χ2n) is 7.63. The summed E-state index contributed by atoms with van der Waals surface area (Å²) in [6.45, 7) is 8.07. The molecule has 21 heavy (non-hydrogen) atoms. The summed E-state index contributed by atoms with van der Waals surface area (Å²) in [6.07, 6.45) is 9.11. The first kappa shape index (κ1) is 15.0. The van der Waals surface area contributed by atoms with Crippen LogP contribution in [0.5, 0.6) is 0 Å². The Balaban J connectivity index is 1.63. The van der Waals surface area contributed by atoms with E-state index in [2.05, 4.69) is 40.9 Å². The number of aromatic nitrogens is 3. The lowest BCUT2D eigenvalue weighted by Gasteiger charge is -2.38. The largest absolute Gasteiger partial charge is 0.375 e. The molecule has 3 rings (SSSR count). The maximum absolute atomic E-state index is 6.10. The highest BCUT2D eigenvalue weighted by atomic mass is 16.5. The molecule has 0 aromatic carbocycles. The van der Waals surface area contributed by atoms with Crippen LogP contribution in [-0.4, -0.2) is 32.5 Å². The van der Waals surface area contributed by atoms with Gasteiger partial charge in [0, 0.05) is 12.1 Å². The molecular formula is C16H28N4O. The normalized spacial score (nSPS) is 25.6. The highest BCUT2D eigenvalue weighted by Gasteiger charge is 2.40. The third-order valence-corrected chi connectivity index (χ3v) is 4.69. The maximum atomic E-state index is 6.10. The van der Waals surface area contributed by atoms with Crippen molar-refractivity contribution in [1.82, 2.24) is 20.1 Å². The predicted octanol–water partition coefficient (Wildman–Crippen LogP) is 2.83. The number of ether oxygens (including phenoxy) is 1. The van der Waals surface area contributed by atoms with Gasteiger partial charge in [-0.15, -0.1) is 0 Å². The summed E-state index contributed by atoms with van der Waals surface area (Å²) in [5.74, 6) is 0.886. The molecule has 1 unspecified atom stereocenters. The van der Waals surface area contributed by atoms with E-state index in [9.17, 15) is 0 Å². The van der Waals surface area contributed by atoms with Gasteiger partial charge in [-0.1, -0.05) is 12.8 Å². The van der Waals surface area contributed by atoms with Crippen LogP contribution in [0.15, 0.2) is 6.33 Å². The van der Waals surface area contributed by atoms with E-state index in [1.165, 1.54) is 25.7 Å². The van der Waals surface area contributed by atoms with Crippen LogP contribution in [0.3, 0.4) is 0 Å². The number of hydrogen-bond acceptors (Lipinski definition) is 4. The highest BCUT2D eigenvalue weighted by molar-refractivity contribution is 4.94. The lowest BCUT2D eigenvalue weighted by molar-refractivity contribution is -0.0910. The molecule has 118 valence electrons. The first-order valence-corrected chi connectivity index (χ1v) is 8.25. The van der Waals surface area contributed by atoms with Gasteiger partial charge in [-0.3, -0.25) is 0 Å². The second kappa shape index (κ2) is 5.69. The SMILES string of the molecule is CC(C)(C)NCc1ncn(C2CCOC3(CCCC3)C2)n1. The van der Waals surface area contributed by atoms with Crippen molar-refractivity contribution >= 4 is 0 Å². The van der Waals surface area contributed by atoms with E-state index in [0.29, 0.717) is 6.04 Å². The van der Waals surface area contributed by atoms with Gasteiger partial charge in [0.05, 0.1) is 18.2 Å². The predicted molar refractivity (Wildman–Crippen MR) is 82.0 cm³/mol. The van der Waals surface area contributed by atoms with Gasteiger partial charge in [0.1, 0.15) is 6.33 Å². The molecule has 1 aromatic rings. The minimum absolute atomic E-state index is 0.0953. The fourth-order valence-corrected chi connectivity index (χ4v) is 3.51. The lowest BCUT2D eigenvalue weighted by Crippen LogP contribution is -2.38. The summed E-state index contributed by atoms with van der Waals surface area (Å²) >= 11 is 0. The third-order valence-electron chi connectivity index (χ3n) is 4.69. The summed E-state index contributed by atoms with van der Waals surface area (Å²) in [5.41, 5.74) is 0.233. The molecule has 2 aliphatic rings. The molecule has 1 aliphatic carbocycles. The molecule has 5 heteroatoms. The van der Waals surface area contributed by atoms with E-state index in [4.69, 9.17) is 4.74 Å². The molecule has 1 N–H and O–H groups in total. The summed E-state index contributed by atoms with van der Waals surface area (Å²) in [7, 11) is 0. The quantitative estimate of drug-likeness (QED) is 0.930. The van der Waals surface area contributed by atoms with E-state index >= 15 is 0 Å². The maximum Gasteiger partial charge on any atom is 0.164 e. The standard InChI is InChI=1S/C16H28N4O/c1-15(2,3)18-11-14-17-12-20(19-14)13-6-9-21-16(10-13)7-4-5-8-16/h12-13,18H,4-11H2,1-3H3. The fourth-order valence-electron chi connectivity index (χ4n) is 3.51. The van der Waals surface area contributed by atoms with Crippen molar-refractivity contribution in [2.24, 2.45) is 0 Å². The van der Waals surface area contributed by atoms with Crippen molar-refractivity contribution in [2.45, 2.75) is 83.0 Å². The van der Waals surface area contributed by atoms with Gasteiger partial charge in [0.2, 0.25) is 0 Å². The fraction of sp³-hybridized carbons (Fsp3) is 0.875. The van der Waals surface area contributed by atoms with Crippen molar-refractivity contribution in [1.29, 1.82) is 0 Å². The molecule has 1 aromatic heterocycles. The van der Waals surface area contributed by atoms with Gasteiger partial charge in [0.25, 0.3) is 0 Å². The zero-order valence-corrected chi connectivity index (χ0v) is 13.6. The van der Waals surface area contributed by atoms with Crippen LogP contribution in [0.25, 0.3) is 0 Å². The van der Waals surface area contributed by atoms with Gasteiger partial charge in [-0.2, -0.15) is 5.10 Å².